The van der Waals surface area contributed by atoms with Gasteiger partial charge in [-0.05, 0) is 18.8 Å². The van der Waals surface area contributed by atoms with Gasteiger partial charge in [-0.3, -0.25) is 0 Å². The van der Waals surface area contributed by atoms with E-state index in [2.05, 4.69) is 19.0 Å². The first-order chi connectivity index (χ1) is 6.79. The zero-order valence-electron chi connectivity index (χ0n) is 9.12. The second-order valence-electron chi connectivity index (χ2n) is 4.64. The van der Waals surface area contributed by atoms with Crippen LogP contribution in [-0.4, -0.2) is 5.16 Å². The van der Waals surface area contributed by atoms with Gasteiger partial charge >= 0.3 is 0 Å². The highest BCUT2D eigenvalue weighted by molar-refractivity contribution is 5.21. The minimum Gasteiger partial charge on any atom is -0.361 e. The summed E-state index contributed by atoms with van der Waals surface area (Å²) in [4.78, 5) is 0. The third kappa shape index (κ3) is 1.84. The summed E-state index contributed by atoms with van der Waals surface area (Å²) >= 11 is 0. The molecule has 1 heterocycles. The largest absolute Gasteiger partial charge is 0.361 e. The molecule has 0 radical (unpaired) electrons. The Balaban J connectivity index is 2.17. The Hall–Kier alpha value is -0.790. The van der Waals surface area contributed by atoms with Crippen LogP contribution in [0.4, 0.5) is 0 Å². The predicted octanol–water partition coefficient (Wildman–Crippen LogP) is 3.85. The maximum Gasteiger partial charge on any atom is 0.142 e. The lowest BCUT2D eigenvalue weighted by molar-refractivity contribution is 0.363. The summed E-state index contributed by atoms with van der Waals surface area (Å²) in [7, 11) is 0. The van der Waals surface area contributed by atoms with E-state index in [-0.39, 0.29) is 0 Å². The first-order valence-corrected chi connectivity index (χ1v) is 5.73. The van der Waals surface area contributed by atoms with Crippen LogP contribution in [-0.2, 0) is 0 Å². The number of nitrogens with zero attached hydrogens (tertiary/aromatic N) is 1. The van der Waals surface area contributed by atoms with Crippen molar-refractivity contribution in [3.8, 4) is 0 Å². The lowest BCUT2D eigenvalue weighted by atomic mass is 9.83. The van der Waals surface area contributed by atoms with E-state index in [0.717, 1.165) is 5.76 Å². The van der Waals surface area contributed by atoms with Crippen molar-refractivity contribution in [1.82, 2.24) is 5.16 Å². The molecule has 0 aliphatic heterocycles. The highest BCUT2D eigenvalue weighted by atomic mass is 16.5. The van der Waals surface area contributed by atoms with E-state index in [1.54, 1.807) is 0 Å². The van der Waals surface area contributed by atoms with E-state index in [9.17, 15) is 0 Å². The summed E-state index contributed by atoms with van der Waals surface area (Å²) in [5, 5.41) is 3.94. The highest BCUT2D eigenvalue weighted by Gasteiger charge is 2.22. The van der Waals surface area contributed by atoms with Gasteiger partial charge in [-0.25, -0.2) is 0 Å². The van der Waals surface area contributed by atoms with Crippen molar-refractivity contribution in [2.24, 2.45) is 0 Å². The van der Waals surface area contributed by atoms with Crippen LogP contribution in [0, 0.1) is 0 Å². The molecular formula is C12H19NO. The summed E-state index contributed by atoms with van der Waals surface area (Å²) in [5.41, 5.74) is 1.37. The van der Waals surface area contributed by atoms with Crippen LogP contribution in [0.25, 0.3) is 0 Å². The molecule has 2 heteroatoms. The topological polar surface area (TPSA) is 26.0 Å². The van der Waals surface area contributed by atoms with Crippen molar-refractivity contribution >= 4 is 0 Å². The normalized spacial score (nSPS) is 19.1. The molecule has 0 atom stereocenters. The fourth-order valence-electron chi connectivity index (χ4n) is 2.42. The SMILES string of the molecule is CC(C)c1oncc1C1CCCCC1. The molecule has 0 saturated heterocycles. The van der Waals surface area contributed by atoms with Crippen molar-refractivity contribution < 1.29 is 4.52 Å². The molecule has 1 saturated carbocycles. The second-order valence-corrected chi connectivity index (χ2v) is 4.64. The summed E-state index contributed by atoms with van der Waals surface area (Å²) < 4.78 is 5.33. The Labute approximate surface area is 85.7 Å². The molecule has 1 aromatic heterocycles. The van der Waals surface area contributed by atoms with Crippen LogP contribution < -0.4 is 0 Å². The average molecular weight is 193 g/mol. The molecule has 0 unspecified atom stereocenters. The zero-order chi connectivity index (χ0) is 9.97. The smallest absolute Gasteiger partial charge is 0.142 e. The Kier molecular flexibility index (Phi) is 2.90. The molecule has 1 aromatic rings. The first-order valence-electron chi connectivity index (χ1n) is 5.73. The van der Waals surface area contributed by atoms with Crippen molar-refractivity contribution in [1.29, 1.82) is 0 Å². The van der Waals surface area contributed by atoms with Crippen LogP contribution in [0.3, 0.4) is 0 Å². The Morgan fingerprint density at radius 1 is 1.29 bits per heavy atom. The second kappa shape index (κ2) is 4.16. The molecule has 2 rings (SSSR count). The molecule has 0 spiro atoms. The quantitative estimate of drug-likeness (QED) is 0.713. The van der Waals surface area contributed by atoms with Crippen molar-refractivity contribution in [3.63, 3.8) is 0 Å². The Morgan fingerprint density at radius 3 is 2.64 bits per heavy atom. The lowest BCUT2D eigenvalue weighted by Gasteiger charge is -2.21. The van der Waals surface area contributed by atoms with Gasteiger partial charge in [0.05, 0.1) is 6.20 Å². The van der Waals surface area contributed by atoms with Crippen LogP contribution in [0.1, 0.15) is 69.1 Å². The third-order valence-electron chi connectivity index (χ3n) is 3.20. The molecule has 78 valence electrons. The van der Waals surface area contributed by atoms with E-state index in [4.69, 9.17) is 4.52 Å². The minimum absolute atomic E-state index is 0.467. The number of rotatable bonds is 2. The van der Waals surface area contributed by atoms with Gasteiger partial charge in [-0.1, -0.05) is 38.3 Å². The van der Waals surface area contributed by atoms with Crippen LogP contribution in [0.2, 0.25) is 0 Å². The molecule has 0 aromatic carbocycles. The fraction of sp³-hybridized carbons (Fsp3) is 0.750. The van der Waals surface area contributed by atoms with E-state index in [0.29, 0.717) is 11.8 Å². The molecule has 2 nitrogen and oxygen atoms in total. The summed E-state index contributed by atoms with van der Waals surface area (Å²) in [6.07, 6.45) is 8.72. The number of hydrogen-bond acceptors (Lipinski definition) is 2. The molecule has 0 N–H and O–H groups in total. The molecule has 14 heavy (non-hydrogen) atoms. The van der Waals surface area contributed by atoms with Gasteiger partial charge < -0.3 is 4.52 Å². The van der Waals surface area contributed by atoms with E-state index in [1.165, 1.54) is 37.7 Å². The zero-order valence-corrected chi connectivity index (χ0v) is 9.12. The van der Waals surface area contributed by atoms with Gasteiger partial charge in [0.25, 0.3) is 0 Å². The molecular weight excluding hydrogens is 174 g/mol. The van der Waals surface area contributed by atoms with Gasteiger partial charge in [0.15, 0.2) is 0 Å². The summed E-state index contributed by atoms with van der Waals surface area (Å²) in [5.74, 6) is 2.29. The minimum atomic E-state index is 0.467. The molecule has 1 aliphatic carbocycles. The number of aromatic nitrogens is 1. The van der Waals surface area contributed by atoms with Gasteiger partial charge in [-0.2, -0.15) is 0 Å². The summed E-state index contributed by atoms with van der Waals surface area (Å²) in [6.45, 7) is 4.35. The van der Waals surface area contributed by atoms with E-state index < -0.39 is 0 Å². The Bertz CT molecular complexity index is 284. The monoisotopic (exact) mass is 193 g/mol. The van der Waals surface area contributed by atoms with Gasteiger partial charge in [-0.15, -0.1) is 0 Å². The average Bonchev–Trinajstić information content (AvgIpc) is 2.67. The van der Waals surface area contributed by atoms with Crippen molar-refractivity contribution in [2.75, 3.05) is 0 Å². The maximum atomic E-state index is 5.33. The van der Waals surface area contributed by atoms with Crippen molar-refractivity contribution in [2.45, 2.75) is 57.8 Å². The summed E-state index contributed by atoms with van der Waals surface area (Å²) in [6, 6.07) is 0. The first kappa shape index (κ1) is 9.75. The number of hydrogen-bond donors (Lipinski definition) is 0. The van der Waals surface area contributed by atoms with E-state index in [1.807, 2.05) is 6.20 Å². The molecule has 0 amide bonds. The van der Waals surface area contributed by atoms with Crippen LogP contribution in [0.15, 0.2) is 10.7 Å². The highest BCUT2D eigenvalue weighted by Crippen LogP contribution is 2.36. The fourth-order valence-corrected chi connectivity index (χ4v) is 2.42. The van der Waals surface area contributed by atoms with Gasteiger partial charge in [0.2, 0.25) is 0 Å². The van der Waals surface area contributed by atoms with Gasteiger partial charge in [0, 0.05) is 11.5 Å². The predicted molar refractivity (Wildman–Crippen MR) is 56.4 cm³/mol. The Morgan fingerprint density at radius 2 is 2.00 bits per heavy atom. The lowest BCUT2D eigenvalue weighted by Crippen LogP contribution is -2.06. The van der Waals surface area contributed by atoms with Crippen molar-refractivity contribution in [3.05, 3.63) is 17.5 Å². The molecule has 1 aliphatic rings. The third-order valence-corrected chi connectivity index (χ3v) is 3.20. The van der Waals surface area contributed by atoms with Gasteiger partial charge in [0.1, 0.15) is 5.76 Å². The van der Waals surface area contributed by atoms with E-state index >= 15 is 0 Å². The molecule has 0 bridgehead atoms. The van der Waals surface area contributed by atoms with Crippen LogP contribution >= 0.6 is 0 Å². The maximum absolute atomic E-state index is 5.33. The van der Waals surface area contributed by atoms with Crippen LogP contribution in [0.5, 0.6) is 0 Å². The standard InChI is InChI=1S/C12H19NO/c1-9(2)12-11(8-13-14-12)10-6-4-3-5-7-10/h8-10H,3-7H2,1-2H3. The molecule has 1 fully saturated rings.